The van der Waals surface area contributed by atoms with Gasteiger partial charge in [-0.05, 0) is 55.3 Å². The molecule has 0 unspecified atom stereocenters. The highest BCUT2D eigenvalue weighted by Gasteiger charge is 2.31. The molecule has 0 spiro atoms. The van der Waals surface area contributed by atoms with E-state index >= 15 is 0 Å². The van der Waals surface area contributed by atoms with Crippen LogP contribution in [-0.4, -0.2) is 31.7 Å². The second kappa shape index (κ2) is 10.2. The van der Waals surface area contributed by atoms with Crippen molar-refractivity contribution in [2.45, 2.75) is 43.0 Å². The minimum atomic E-state index is -3.75. The summed E-state index contributed by atoms with van der Waals surface area (Å²) in [4.78, 5) is 13.1. The van der Waals surface area contributed by atoms with Crippen LogP contribution in [0.3, 0.4) is 0 Å². The number of para-hydroxylation sites is 2. The Labute approximate surface area is 195 Å². The van der Waals surface area contributed by atoms with Crippen molar-refractivity contribution in [1.82, 2.24) is 4.31 Å². The molecule has 1 aliphatic carbocycles. The molecule has 172 valence electrons. The number of rotatable bonds is 7. The monoisotopic (exact) mass is 464 g/mol. The van der Waals surface area contributed by atoms with Gasteiger partial charge in [-0.1, -0.05) is 55.7 Å². The second-order valence-corrected chi connectivity index (χ2v) is 10.2. The average molecular weight is 465 g/mol. The summed E-state index contributed by atoms with van der Waals surface area (Å²) in [5.41, 5.74) is 0.635. The van der Waals surface area contributed by atoms with Crippen molar-refractivity contribution in [1.29, 1.82) is 0 Å². The van der Waals surface area contributed by atoms with E-state index in [0.29, 0.717) is 17.1 Å². The van der Waals surface area contributed by atoms with Gasteiger partial charge < -0.3 is 10.1 Å². The van der Waals surface area contributed by atoms with Crippen LogP contribution in [0.1, 0.15) is 42.5 Å². The number of nitrogens with zero attached hydrogens (tertiary/aromatic N) is 1. The first-order valence-corrected chi connectivity index (χ1v) is 12.6. The first-order chi connectivity index (χ1) is 15.9. The van der Waals surface area contributed by atoms with Gasteiger partial charge in [0.1, 0.15) is 16.4 Å². The summed E-state index contributed by atoms with van der Waals surface area (Å²) in [6, 6.07) is 22.6. The summed E-state index contributed by atoms with van der Waals surface area (Å²) in [6.07, 6.45) is 4.93. The van der Waals surface area contributed by atoms with E-state index in [4.69, 9.17) is 4.74 Å². The lowest BCUT2D eigenvalue weighted by molar-refractivity contribution is 0.102. The van der Waals surface area contributed by atoms with Crippen LogP contribution in [0.25, 0.3) is 0 Å². The van der Waals surface area contributed by atoms with Crippen molar-refractivity contribution in [3.63, 3.8) is 0 Å². The third-order valence-electron chi connectivity index (χ3n) is 5.96. The van der Waals surface area contributed by atoms with E-state index in [1.807, 2.05) is 30.3 Å². The number of ether oxygens (including phenoxy) is 1. The number of carbonyl (C=O) groups is 1. The van der Waals surface area contributed by atoms with Gasteiger partial charge in [0.15, 0.2) is 0 Å². The highest BCUT2D eigenvalue weighted by Crippen LogP contribution is 2.30. The van der Waals surface area contributed by atoms with Gasteiger partial charge in [-0.3, -0.25) is 4.79 Å². The zero-order valence-corrected chi connectivity index (χ0v) is 19.4. The molecule has 0 atom stereocenters. The summed E-state index contributed by atoms with van der Waals surface area (Å²) < 4.78 is 34.0. The van der Waals surface area contributed by atoms with E-state index < -0.39 is 15.9 Å². The molecular formula is C26H28N2O4S. The van der Waals surface area contributed by atoms with E-state index in [1.165, 1.54) is 4.31 Å². The number of carbonyl (C=O) groups excluding carboxylic acids is 1. The third-order valence-corrected chi connectivity index (χ3v) is 7.92. The van der Waals surface area contributed by atoms with Crippen LogP contribution in [0, 0.1) is 0 Å². The Morgan fingerprint density at radius 3 is 2.30 bits per heavy atom. The van der Waals surface area contributed by atoms with Crippen LogP contribution < -0.4 is 10.1 Å². The van der Waals surface area contributed by atoms with Crippen LogP contribution >= 0.6 is 0 Å². The molecule has 0 heterocycles. The second-order valence-electron chi connectivity index (χ2n) is 8.21. The number of sulfonamides is 1. The lowest BCUT2D eigenvalue weighted by Crippen LogP contribution is -2.38. The van der Waals surface area contributed by atoms with E-state index in [0.717, 1.165) is 32.1 Å². The van der Waals surface area contributed by atoms with Gasteiger partial charge >= 0.3 is 0 Å². The van der Waals surface area contributed by atoms with Crippen molar-refractivity contribution in [2.24, 2.45) is 0 Å². The van der Waals surface area contributed by atoms with Crippen LogP contribution in [0.2, 0.25) is 0 Å². The number of amides is 1. The lowest BCUT2D eigenvalue weighted by atomic mass is 9.96. The number of benzene rings is 3. The number of nitrogens with one attached hydrogen (secondary N) is 1. The SMILES string of the molecule is CN(C1CCCCC1)S(=O)(=O)c1ccccc1NC(=O)c1cccc(Oc2ccccc2)c1. The molecule has 1 aliphatic rings. The van der Waals surface area contributed by atoms with Gasteiger partial charge in [0.05, 0.1) is 5.69 Å². The molecule has 0 saturated heterocycles. The molecule has 33 heavy (non-hydrogen) atoms. The predicted octanol–water partition coefficient (Wildman–Crippen LogP) is 5.68. The highest BCUT2D eigenvalue weighted by molar-refractivity contribution is 7.89. The first-order valence-electron chi connectivity index (χ1n) is 11.2. The highest BCUT2D eigenvalue weighted by atomic mass is 32.2. The summed E-state index contributed by atoms with van der Waals surface area (Å²) >= 11 is 0. The minimum Gasteiger partial charge on any atom is -0.457 e. The number of hydrogen-bond donors (Lipinski definition) is 1. The fourth-order valence-electron chi connectivity index (χ4n) is 4.11. The van der Waals surface area contributed by atoms with Gasteiger partial charge in [0, 0.05) is 18.7 Å². The Hall–Kier alpha value is -3.16. The fraction of sp³-hybridized carbons (Fsp3) is 0.269. The van der Waals surface area contributed by atoms with Crippen molar-refractivity contribution >= 4 is 21.6 Å². The Morgan fingerprint density at radius 1 is 0.879 bits per heavy atom. The summed E-state index contributed by atoms with van der Waals surface area (Å²) in [5, 5.41) is 2.78. The molecule has 1 fully saturated rings. The molecule has 0 aliphatic heterocycles. The minimum absolute atomic E-state index is 0.0145. The van der Waals surface area contributed by atoms with E-state index in [-0.39, 0.29) is 16.6 Å². The summed E-state index contributed by atoms with van der Waals surface area (Å²) in [5.74, 6) is 0.778. The number of anilines is 1. The van der Waals surface area contributed by atoms with E-state index in [1.54, 1.807) is 55.6 Å². The zero-order chi connectivity index (χ0) is 23.3. The third kappa shape index (κ3) is 5.43. The molecule has 3 aromatic carbocycles. The normalized spacial score (nSPS) is 14.7. The maximum Gasteiger partial charge on any atom is 0.255 e. The van der Waals surface area contributed by atoms with Crippen molar-refractivity contribution in [3.05, 3.63) is 84.4 Å². The topological polar surface area (TPSA) is 75.7 Å². The van der Waals surface area contributed by atoms with Gasteiger partial charge in [-0.2, -0.15) is 4.31 Å². The van der Waals surface area contributed by atoms with E-state index in [9.17, 15) is 13.2 Å². The quantitative estimate of drug-likeness (QED) is 0.488. The molecule has 7 heteroatoms. The fourth-order valence-corrected chi connectivity index (χ4v) is 5.67. The average Bonchev–Trinajstić information content (AvgIpc) is 2.85. The van der Waals surface area contributed by atoms with Gasteiger partial charge in [-0.25, -0.2) is 8.42 Å². The molecule has 3 aromatic rings. The smallest absolute Gasteiger partial charge is 0.255 e. The molecule has 1 saturated carbocycles. The summed E-state index contributed by atoms with van der Waals surface area (Å²) in [6.45, 7) is 0. The molecule has 6 nitrogen and oxygen atoms in total. The molecule has 1 N–H and O–H groups in total. The Kier molecular flexibility index (Phi) is 7.11. The molecule has 4 rings (SSSR count). The van der Waals surface area contributed by atoms with Crippen LogP contribution in [0.5, 0.6) is 11.5 Å². The van der Waals surface area contributed by atoms with Gasteiger partial charge in [-0.15, -0.1) is 0 Å². The molecule has 0 aromatic heterocycles. The maximum absolute atomic E-state index is 13.4. The van der Waals surface area contributed by atoms with Gasteiger partial charge in [0.2, 0.25) is 10.0 Å². The largest absolute Gasteiger partial charge is 0.457 e. The van der Waals surface area contributed by atoms with Crippen LogP contribution in [-0.2, 0) is 10.0 Å². The maximum atomic E-state index is 13.4. The molecule has 0 radical (unpaired) electrons. The Morgan fingerprint density at radius 2 is 1.55 bits per heavy atom. The Bertz CT molecular complexity index is 1210. The standard InChI is InChI=1S/C26H28N2O4S/c1-28(21-12-4-2-5-13-21)33(30,31)25-18-9-8-17-24(25)27-26(29)20-11-10-16-23(19-20)32-22-14-6-3-7-15-22/h3,6-11,14-19,21H,2,4-5,12-13H2,1H3,(H,27,29). The lowest BCUT2D eigenvalue weighted by Gasteiger charge is -2.30. The molecule has 1 amide bonds. The zero-order valence-electron chi connectivity index (χ0n) is 18.6. The van der Waals surface area contributed by atoms with Crippen LogP contribution in [0.4, 0.5) is 5.69 Å². The first kappa shape index (κ1) is 23.0. The van der Waals surface area contributed by atoms with Crippen molar-refractivity contribution in [3.8, 4) is 11.5 Å². The van der Waals surface area contributed by atoms with Crippen molar-refractivity contribution in [2.75, 3.05) is 12.4 Å². The number of hydrogen-bond acceptors (Lipinski definition) is 4. The molecule has 0 bridgehead atoms. The van der Waals surface area contributed by atoms with Gasteiger partial charge in [0.25, 0.3) is 5.91 Å². The summed E-state index contributed by atoms with van der Waals surface area (Å²) in [7, 11) is -2.12. The van der Waals surface area contributed by atoms with Crippen LogP contribution in [0.15, 0.2) is 83.8 Å². The van der Waals surface area contributed by atoms with E-state index in [2.05, 4.69) is 5.32 Å². The predicted molar refractivity (Wildman–Crippen MR) is 129 cm³/mol. The Balaban J connectivity index is 1.54. The molecular weight excluding hydrogens is 436 g/mol. The van der Waals surface area contributed by atoms with Crippen molar-refractivity contribution < 1.29 is 17.9 Å².